The zero-order chi connectivity index (χ0) is 14.9. The van der Waals surface area contributed by atoms with Gasteiger partial charge < -0.3 is 14.9 Å². The molecule has 1 fully saturated rings. The fraction of sp³-hybridized carbons (Fsp3) is 0.533. The first-order valence-corrected chi connectivity index (χ1v) is 6.82. The van der Waals surface area contributed by atoms with Crippen molar-refractivity contribution in [2.24, 2.45) is 0 Å². The zero-order valence-electron chi connectivity index (χ0n) is 12.1. The lowest BCUT2D eigenvalue weighted by molar-refractivity contribution is 0.0764. The van der Waals surface area contributed by atoms with Gasteiger partial charge in [-0.15, -0.1) is 0 Å². The van der Waals surface area contributed by atoms with E-state index in [0.29, 0.717) is 12.6 Å². The summed E-state index contributed by atoms with van der Waals surface area (Å²) in [5, 5.41) is 9.38. The molecule has 20 heavy (non-hydrogen) atoms. The van der Waals surface area contributed by atoms with Crippen molar-refractivity contribution in [3.63, 3.8) is 0 Å². The molecule has 1 aromatic carbocycles. The van der Waals surface area contributed by atoms with Crippen molar-refractivity contribution in [1.82, 2.24) is 9.80 Å². The molecule has 4 nitrogen and oxygen atoms in total. The van der Waals surface area contributed by atoms with Crippen LogP contribution >= 0.6 is 0 Å². The average Bonchev–Trinajstić information content (AvgIpc) is 2.37. The van der Waals surface area contributed by atoms with Crippen LogP contribution in [0.2, 0.25) is 0 Å². The van der Waals surface area contributed by atoms with Gasteiger partial charge in [0, 0.05) is 12.6 Å². The second-order valence-corrected chi connectivity index (χ2v) is 5.63. The highest BCUT2D eigenvalue weighted by molar-refractivity contribution is 5.66. The largest absolute Gasteiger partial charge is 0.465 e. The maximum atomic E-state index is 13.2. The Morgan fingerprint density at radius 3 is 2.70 bits per heavy atom. The molecule has 0 saturated carbocycles. The zero-order valence-corrected chi connectivity index (χ0v) is 12.1. The number of piperidine rings is 1. The van der Waals surface area contributed by atoms with Crippen molar-refractivity contribution in [1.29, 1.82) is 0 Å². The smallest absolute Gasteiger partial charge is 0.407 e. The molecule has 0 radical (unpaired) electrons. The molecule has 0 aromatic heterocycles. The molecular weight excluding hydrogens is 259 g/mol. The first kappa shape index (κ1) is 14.8. The summed E-state index contributed by atoms with van der Waals surface area (Å²) in [5.41, 5.74) is 1.71. The monoisotopic (exact) mass is 280 g/mol. The summed E-state index contributed by atoms with van der Waals surface area (Å²) in [4.78, 5) is 15.0. The fourth-order valence-electron chi connectivity index (χ4n) is 2.95. The Kier molecular flexibility index (Phi) is 4.28. The van der Waals surface area contributed by atoms with E-state index in [1.807, 2.05) is 21.0 Å². The average molecular weight is 280 g/mol. The van der Waals surface area contributed by atoms with Crippen molar-refractivity contribution in [3.8, 4) is 0 Å². The number of hydrogen-bond donors (Lipinski definition) is 1. The molecule has 1 aromatic rings. The summed E-state index contributed by atoms with van der Waals surface area (Å²) in [6.07, 6.45) is 0.665. The van der Waals surface area contributed by atoms with Crippen LogP contribution in [0.1, 0.15) is 30.0 Å². The predicted molar refractivity (Wildman–Crippen MR) is 75.3 cm³/mol. The molecule has 110 valence electrons. The number of rotatable bonds is 2. The van der Waals surface area contributed by atoms with E-state index in [-0.39, 0.29) is 11.9 Å². The SMILES string of the molecule is Cc1cc(F)ccc1[C@H]1CC(N(C)C)CCN1C(=O)O. The molecule has 1 saturated heterocycles. The van der Waals surface area contributed by atoms with Gasteiger partial charge in [-0.25, -0.2) is 9.18 Å². The number of benzene rings is 1. The molecule has 0 spiro atoms. The van der Waals surface area contributed by atoms with Gasteiger partial charge >= 0.3 is 6.09 Å². The molecule has 0 aliphatic carbocycles. The number of carbonyl (C=O) groups is 1. The lowest BCUT2D eigenvalue weighted by atomic mass is 9.89. The first-order valence-electron chi connectivity index (χ1n) is 6.82. The van der Waals surface area contributed by atoms with Crippen LogP contribution in [-0.4, -0.2) is 47.7 Å². The highest BCUT2D eigenvalue weighted by atomic mass is 19.1. The summed E-state index contributed by atoms with van der Waals surface area (Å²) in [7, 11) is 4.02. The number of likely N-dealkylation sites (tertiary alicyclic amines) is 1. The van der Waals surface area contributed by atoms with Crippen molar-refractivity contribution in [2.75, 3.05) is 20.6 Å². The molecule has 1 aliphatic rings. The van der Waals surface area contributed by atoms with Crippen molar-refractivity contribution < 1.29 is 14.3 Å². The third-order valence-electron chi connectivity index (χ3n) is 4.14. The Morgan fingerprint density at radius 1 is 1.45 bits per heavy atom. The van der Waals surface area contributed by atoms with E-state index >= 15 is 0 Å². The second-order valence-electron chi connectivity index (χ2n) is 5.63. The minimum absolute atomic E-state index is 0.200. The van der Waals surface area contributed by atoms with Crippen molar-refractivity contribution in [3.05, 3.63) is 35.1 Å². The Labute approximate surface area is 118 Å². The van der Waals surface area contributed by atoms with Gasteiger partial charge in [-0.05, 0) is 57.1 Å². The van der Waals surface area contributed by atoms with E-state index < -0.39 is 6.09 Å². The number of aryl methyl sites for hydroxylation is 1. The lowest BCUT2D eigenvalue weighted by Gasteiger charge is -2.41. The van der Waals surface area contributed by atoms with Gasteiger partial charge in [-0.3, -0.25) is 0 Å². The maximum Gasteiger partial charge on any atom is 0.407 e. The molecule has 1 aliphatic heterocycles. The van der Waals surface area contributed by atoms with E-state index in [2.05, 4.69) is 4.90 Å². The predicted octanol–water partition coefficient (Wildman–Crippen LogP) is 2.88. The number of halogens is 1. The molecule has 2 rings (SSSR count). The molecular formula is C15H21FN2O2. The summed E-state index contributed by atoms with van der Waals surface area (Å²) >= 11 is 0. The minimum Gasteiger partial charge on any atom is -0.465 e. The van der Waals surface area contributed by atoms with E-state index in [1.54, 1.807) is 6.07 Å². The third-order valence-corrected chi connectivity index (χ3v) is 4.14. The van der Waals surface area contributed by atoms with Crippen LogP contribution < -0.4 is 0 Å². The van der Waals surface area contributed by atoms with Gasteiger partial charge in [0.05, 0.1) is 6.04 Å². The van der Waals surface area contributed by atoms with Gasteiger partial charge in [-0.1, -0.05) is 6.07 Å². The Hall–Kier alpha value is -1.62. The Balaban J connectivity index is 2.33. The molecule has 1 heterocycles. The van der Waals surface area contributed by atoms with Crippen LogP contribution in [0.15, 0.2) is 18.2 Å². The summed E-state index contributed by atoms with van der Waals surface area (Å²) in [6.45, 7) is 2.34. The van der Waals surface area contributed by atoms with E-state index in [1.165, 1.54) is 17.0 Å². The van der Waals surface area contributed by atoms with Crippen LogP contribution in [0.5, 0.6) is 0 Å². The maximum absolute atomic E-state index is 13.2. The molecule has 1 amide bonds. The first-order chi connectivity index (χ1) is 9.40. The van der Waals surface area contributed by atoms with E-state index in [0.717, 1.165) is 24.0 Å². The van der Waals surface area contributed by atoms with Gasteiger partial charge in [0.15, 0.2) is 0 Å². The highest BCUT2D eigenvalue weighted by Crippen LogP contribution is 2.34. The third kappa shape index (κ3) is 2.93. The van der Waals surface area contributed by atoms with Crippen molar-refractivity contribution in [2.45, 2.75) is 31.8 Å². The second kappa shape index (κ2) is 5.79. The van der Waals surface area contributed by atoms with E-state index in [9.17, 15) is 14.3 Å². The van der Waals surface area contributed by atoms with Crippen LogP contribution in [0.25, 0.3) is 0 Å². The fourth-order valence-corrected chi connectivity index (χ4v) is 2.95. The quantitative estimate of drug-likeness (QED) is 0.906. The van der Waals surface area contributed by atoms with Gasteiger partial charge in [0.2, 0.25) is 0 Å². The molecule has 1 unspecified atom stereocenters. The van der Waals surface area contributed by atoms with Gasteiger partial charge in [0.1, 0.15) is 5.82 Å². The number of hydrogen-bond acceptors (Lipinski definition) is 2. The lowest BCUT2D eigenvalue weighted by Crippen LogP contribution is -2.46. The summed E-state index contributed by atoms with van der Waals surface area (Å²) in [5.74, 6) is -0.284. The summed E-state index contributed by atoms with van der Waals surface area (Å²) in [6, 6.07) is 4.73. The molecule has 5 heteroatoms. The minimum atomic E-state index is -0.907. The normalized spacial score (nSPS) is 23.1. The highest BCUT2D eigenvalue weighted by Gasteiger charge is 2.34. The van der Waals surface area contributed by atoms with Crippen molar-refractivity contribution >= 4 is 6.09 Å². The Morgan fingerprint density at radius 2 is 2.15 bits per heavy atom. The van der Waals surface area contributed by atoms with Gasteiger partial charge in [0.25, 0.3) is 0 Å². The number of amides is 1. The number of carboxylic acid groups (broad SMARTS) is 1. The topological polar surface area (TPSA) is 43.8 Å². The van der Waals surface area contributed by atoms with Crippen LogP contribution in [0, 0.1) is 12.7 Å². The molecule has 0 bridgehead atoms. The molecule has 2 atom stereocenters. The Bertz CT molecular complexity index is 505. The van der Waals surface area contributed by atoms with E-state index in [4.69, 9.17) is 0 Å². The summed E-state index contributed by atoms with van der Waals surface area (Å²) < 4.78 is 13.2. The van der Waals surface area contributed by atoms with Crippen LogP contribution in [-0.2, 0) is 0 Å². The van der Waals surface area contributed by atoms with Crippen LogP contribution in [0.3, 0.4) is 0 Å². The standard InChI is InChI=1S/C15H21FN2O2/c1-10-8-11(16)4-5-13(10)14-9-12(17(2)3)6-7-18(14)15(19)20/h4-5,8,12,14H,6-7,9H2,1-3H3,(H,19,20)/t12?,14-/m1/s1. The number of nitrogens with zero attached hydrogens (tertiary/aromatic N) is 2. The van der Waals surface area contributed by atoms with Gasteiger partial charge in [-0.2, -0.15) is 0 Å². The van der Waals surface area contributed by atoms with Crippen LogP contribution in [0.4, 0.5) is 9.18 Å². The molecule has 1 N–H and O–H groups in total.